The number of hydrogen-bond acceptors (Lipinski definition) is 3. The lowest BCUT2D eigenvalue weighted by Gasteiger charge is -2.35. The van der Waals surface area contributed by atoms with E-state index in [-0.39, 0.29) is 11.8 Å². The van der Waals surface area contributed by atoms with Crippen molar-refractivity contribution in [2.45, 2.75) is 32.1 Å². The molecule has 2 aliphatic heterocycles. The maximum absolute atomic E-state index is 12.6. The Kier molecular flexibility index (Phi) is 6.31. The molecule has 0 saturated carbocycles. The molecule has 1 aromatic carbocycles. The second kappa shape index (κ2) is 8.88. The summed E-state index contributed by atoms with van der Waals surface area (Å²) in [5.74, 6) is 1.16. The van der Waals surface area contributed by atoms with E-state index < -0.39 is 0 Å². The largest absolute Gasteiger partial charge is 0.497 e. The van der Waals surface area contributed by atoms with Gasteiger partial charge in [-0.25, -0.2) is 0 Å². The topological polar surface area (TPSA) is 49.9 Å². The highest BCUT2D eigenvalue weighted by Gasteiger charge is 2.30. The van der Waals surface area contributed by atoms with Gasteiger partial charge in [0.1, 0.15) is 5.75 Å². The molecule has 0 radical (unpaired) electrons. The van der Waals surface area contributed by atoms with E-state index in [0.717, 1.165) is 50.1 Å². The molecule has 2 fully saturated rings. The van der Waals surface area contributed by atoms with Crippen LogP contribution in [0, 0.1) is 5.92 Å². The van der Waals surface area contributed by atoms with E-state index in [1.165, 1.54) is 6.42 Å². The summed E-state index contributed by atoms with van der Waals surface area (Å²) in [7, 11) is 1.63. The molecule has 5 nitrogen and oxygen atoms in total. The van der Waals surface area contributed by atoms with Crippen LogP contribution in [0.2, 0.25) is 0 Å². The first-order valence-electron chi connectivity index (χ1n) is 9.57. The van der Waals surface area contributed by atoms with Gasteiger partial charge in [-0.2, -0.15) is 0 Å². The predicted octanol–water partition coefficient (Wildman–Crippen LogP) is 2.96. The van der Waals surface area contributed by atoms with Crippen LogP contribution < -0.4 is 4.74 Å². The van der Waals surface area contributed by atoms with Gasteiger partial charge >= 0.3 is 0 Å². The zero-order valence-corrected chi connectivity index (χ0v) is 15.5. The number of likely N-dealkylation sites (tertiary alicyclic amines) is 2. The number of benzene rings is 1. The summed E-state index contributed by atoms with van der Waals surface area (Å²) in [6.07, 6.45) is 8.45. The quantitative estimate of drug-likeness (QED) is 0.780. The number of ether oxygens (including phenoxy) is 1. The molecule has 3 rings (SSSR count). The van der Waals surface area contributed by atoms with E-state index in [1.54, 1.807) is 13.2 Å². The number of hydrogen-bond donors (Lipinski definition) is 0. The molecule has 0 aromatic heterocycles. The number of methoxy groups -OCH3 is 1. The molecule has 2 aliphatic rings. The molecular formula is C21H28N2O3. The molecule has 0 N–H and O–H groups in total. The van der Waals surface area contributed by atoms with E-state index in [0.29, 0.717) is 19.0 Å². The van der Waals surface area contributed by atoms with E-state index in [9.17, 15) is 9.59 Å². The molecule has 0 aliphatic carbocycles. The van der Waals surface area contributed by atoms with Crippen LogP contribution >= 0.6 is 0 Å². The second-order valence-corrected chi connectivity index (χ2v) is 7.10. The molecule has 5 heteroatoms. The maximum atomic E-state index is 12.6. The lowest BCUT2D eigenvalue weighted by molar-refractivity contribution is -0.140. The van der Waals surface area contributed by atoms with Gasteiger partial charge in [0.05, 0.1) is 7.11 Å². The van der Waals surface area contributed by atoms with Crippen molar-refractivity contribution in [3.63, 3.8) is 0 Å². The summed E-state index contributed by atoms with van der Waals surface area (Å²) in [6.45, 7) is 3.12. The first-order valence-corrected chi connectivity index (χ1v) is 9.57. The van der Waals surface area contributed by atoms with E-state index >= 15 is 0 Å². The van der Waals surface area contributed by atoms with Gasteiger partial charge in [0.25, 0.3) is 0 Å². The first-order chi connectivity index (χ1) is 12.7. The van der Waals surface area contributed by atoms with Crippen molar-refractivity contribution in [2.75, 3.05) is 33.3 Å². The minimum atomic E-state index is 0.0108. The van der Waals surface area contributed by atoms with Gasteiger partial charge < -0.3 is 14.5 Å². The minimum Gasteiger partial charge on any atom is -0.497 e. The van der Waals surface area contributed by atoms with Gasteiger partial charge in [-0.1, -0.05) is 12.1 Å². The Morgan fingerprint density at radius 3 is 2.46 bits per heavy atom. The number of amides is 2. The number of carbonyl (C=O) groups is 2. The molecule has 0 spiro atoms. The number of rotatable bonds is 4. The summed E-state index contributed by atoms with van der Waals surface area (Å²) in [4.78, 5) is 28.9. The summed E-state index contributed by atoms with van der Waals surface area (Å²) in [5, 5.41) is 0. The molecule has 2 saturated heterocycles. The fourth-order valence-electron chi connectivity index (χ4n) is 3.74. The Morgan fingerprint density at radius 2 is 1.77 bits per heavy atom. The predicted molar refractivity (Wildman–Crippen MR) is 102 cm³/mol. The highest BCUT2D eigenvalue weighted by molar-refractivity contribution is 5.92. The Balaban J connectivity index is 1.50. The summed E-state index contributed by atoms with van der Waals surface area (Å²) < 4.78 is 5.20. The molecule has 1 aromatic rings. The fraction of sp³-hybridized carbons (Fsp3) is 0.524. The summed E-state index contributed by atoms with van der Waals surface area (Å²) in [6, 6.07) is 7.62. The zero-order chi connectivity index (χ0) is 18.4. The summed E-state index contributed by atoms with van der Waals surface area (Å²) >= 11 is 0. The van der Waals surface area contributed by atoms with Crippen LogP contribution in [-0.4, -0.2) is 54.9 Å². The van der Waals surface area contributed by atoms with Crippen molar-refractivity contribution in [1.29, 1.82) is 0 Å². The van der Waals surface area contributed by atoms with Gasteiger partial charge in [0.2, 0.25) is 11.8 Å². The smallest absolute Gasteiger partial charge is 0.246 e. The third-order valence-electron chi connectivity index (χ3n) is 5.34. The Hall–Kier alpha value is -2.30. The number of piperidine rings is 2. The van der Waals surface area contributed by atoms with Crippen LogP contribution in [-0.2, 0) is 9.59 Å². The molecular weight excluding hydrogens is 328 g/mol. The van der Waals surface area contributed by atoms with Gasteiger partial charge in [-0.15, -0.1) is 0 Å². The van der Waals surface area contributed by atoms with Crippen LogP contribution in [0.1, 0.15) is 37.7 Å². The van der Waals surface area contributed by atoms with E-state index in [4.69, 9.17) is 4.74 Å². The van der Waals surface area contributed by atoms with Gasteiger partial charge in [0, 0.05) is 38.2 Å². The van der Waals surface area contributed by atoms with Crippen LogP contribution in [0.3, 0.4) is 0 Å². The zero-order valence-electron chi connectivity index (χ0n) is 15.5. The molecule has 0 bridgehead atoms. The Morgan fingerprint density at radius 1 is 1.04 bits per heavy atom. The second-order valence-electron chi connectivity index (χ2n) is 7.10. The van der Waals surface area contributed by atoms with Crippen molar-refractivity contribution in [3.8, 4) is 5.75 Å². The highest BCUT2D eigenvalue weighted by atomic mass is 16.5. The third kappa shape index (κ3) is 4.65. The Labute approximate surface area is 155 Å². The Bertz CT molecular complexity index is 657. The average Bonchev–Trinajstić information content (AvgIpc) is 2.72. The maximum Gasteiger partial charge on any atom is 0.246 e. The lowest BCUT2D eigenvalue weighted by Crippen LogP contribution is -2.45. The van der Waals surface area contributed by atoms with Crippen molar-refractivity contribution in [1.82, 2.24) is 9.80 Å². The van der Waals surface area contributed by atoms with Crippen molar-refractivity contribution in [3.05, 3.63) is 35.9 Å². The molecule has 2 heterocycles. The van der Waals surface area contributed by atoms with Crippen LogP contribution in [0.4, 0.5) is 0 Å². The molecule has 2 amide bonds. The van der Waals surface area contributed by atoms with Gasteiger partial charge in [-0.3, -0.25) is 9.59 Å². The van der Waals surface area contributed by atoms with Crippen molar-refractivity contribution >= 4 is 17.9 Å². The van der Waals surface area contributed by atoms with E-state index in [1.807, 2.05) is 40.1 Å². The number of carbonyl (C=O) groups excluding carboxylic acids is 2. The number of nitrogens with zero attached hydrogens (tertiary/aromatic N) is 2. The SMILES string of the molecule is COc1cccc(C=CC(=O)N2CCC(C(=O)N3CCCCC3)CC2)c1. The van der Waals surface area contributed by atoms with Crippen LogP contribution in [0.25, 0.3) is 6.08 Å². The van der Waals surface area contributed by atoms with Crippen molar-refractivity contribution in [2.24, 2.45) is 5.92 Å². The molecule has 26 heavy (non-hydrogen) atoms. The highest BCUT2D eigenvalue weighted by Crippen LogP contribution is 2.22. The summed E-state index contributed by atoms with van der Waals surface area (Å²) in [5.41, 5.74) is 0.938. The van der Waals surface area contributed by atoms with Crippen LogP contribution in [0.5, 0.6) is 5.75 Å². The normalized spacial score (nSPS) is 19.0. The third-order valence-corrected chi connectivity index (χ3v) is 5.34. The van der Waals surface area contributed by atoms with E-state index in [2.05, 4.69) is 0 Å². The molecule has 0 unspecified atom stereocenters. The lowest BCUT2D eigenvalue weighted by atomic mass is 9.94. The first kappa shape index (κ1) is 18.5. The minimum absolute atomic E-state index is 0.0108. The molecule has 140 valence electrons. The average molecular weight is 356 g/mol. The standard InChI is InChI=1S/C21H28N2O3/c1-26-19-7-5-6-17(16-19)8-9-20(24)22-14-10-18(11-15-22)21(25)23-12-3-2-4-13-23/h5-9,16,18H,2-4,10-15H2,1H3. The van der Waals surface area contributed by atoms with Crippen LogP contribution in [0.15, 0.2) is 30.3 Å². The monoisotopic (exact) mass is 356 g/mol. The van der Waals surface area contributed by atoms with Gasteiger partial charge in [0.15, 0.2) is 0 Å². The van der Waals surface area contributed by atoms with Crippen molar-refractivity contribution < 1.29 is 14.3 Å². The van der Waals surface area contributed by atoms with Gasteiger partial charge in [-0.05, 0) is 55.9 Å². The fourth-order valence-corrected chi connectivity index (χ4v) is 3.74. The molecule has 0 atom stereocenters.